The molecule has 0 aliphatic heterocycles. The summed E-state index contributed by atoms with van der Waals surface area (Å²) >= 11 is 0. The van der Waals surface area contributed by atoms with Gasteiger partial charge in [0, 0.05) is 11.6 Å². The summed E-state index contributed by atoms with van der Waals surface area (Å²) in [6, 6.07) is 4.06. The van der Waals surface area contributed by atoms with E-state index in [2.05, 4.69) is 5.32 Å². The molecule has 13 heteroatoms. The number of hydrogen-bond donors (Lipinski definition) is 2. The first kappa shape index (κ1) is 25.8. The summed E-state index contributed by atoms with van der Waals surface area (Å²) in [7, 11) is -4.81. The SMILES string of the molecule is O=C(N[C@H]1CC[C@@](F)(S(=O)(=O)c2cccc(C(F)(F)F)c2)CC1)c1ccc(O)c(C(F)(F)F)c1. The third kappa shape index (κ3) is 5.13. The van der Waals surface area contributed by atoms with E-state index in [9.17, 15) is 44.7 Å². The van der Waals surface area contributed by atoms with Crippen molar-refractivity contribution in [2.75, 3.05) is 0 Å². The van der Waals surface area contributed by atoms with Gasteiger partial charge in [-0.1, -0.05) is 6.07 Å². The van der Waals surface area contributed by atoms with Gasteiger partial charge >= 0.3 is 12.4 Å². The number of carbonyl (C=O) groups is 1. The predicted molar refractivity (Wildman–Crippen MR) is 105 cm³/mol. The van der Waals surface area contributed by atoms with Crippen LogP contribution in [0.3, 0.4) is 0 Å². The second-order valence-electron chi connectivity index (χ2n) is 7.89. The number of alkyl halides is 7. The Morgan fingerprint density at radius 1 is 0.971 bits per heavy atom. The van der Waals surface area contributed by atoms with E-state index in [1.165, 1.54) is 0 Å². The Hall–Kier alpha value is -2.83. The van der Waals surface area contributed by atoms with Gasteiger partial charge < -0.3 is 10.4 Å². The van der Waals surface area contributed by atoms with Crippen LogP contribution in [0.25, 0.3) is 0 Å². The number of nitrogens with one attached hydrogen (secondary N) is 1. The molecule has 1 aliphatic rings. The largest absolute Gasteiger partial charge is 0.507 e. The quantitative estimate of drug-likeness (QED) is 0.548. The topological polar surface area (TPSA) is 83.5 Å². The number of carbonyl (C=O) groups excluding carboxylic acids is 1. The fraction of sp³-hybridized carbons (Fsp3) is 0.381. The zero-order valence-electron chi connectivity index (χ0n) is 17.2. The van der Waals surface area contributed by atoms with Crippen LogP contribution in [0.15, 0.2) is 47.4 Å². The third-order valence-corrected chi connectivity index (χ3v) is 7.83. The average Bonchev–Trinajstić information content (AvgIpc) is 2.74. The van der Waals surface area contributed by atoms with Crippen LogP contribution in [0.5, 0.6) is 5.75 Å². The van der Waals surface area contributed by atoms with Crippen molar-refractivity contribution in [3.8, 4) is 5.75 Å². The monoisotopic (exact) mass is 513 g/mol. The molecule has 2 aromatic rings. The van der Waals surface area contributed by atoms with E-state index in [1.54, 1.807) is 0 Å². The van der Waals surface area contributed by atoms with Crippen LogP contribution < -0.4 is 5.32 Å². The minimum Gasteiger partial charge on any atom is -0.507 e. The van der Waals surface area contributed by atoms with Crippen LogP contribution in [0.2, 0.25) is 0 Å². The molecule has 3 rings (SSSR count). The van der Waals surface area contributed by atoms with Crippen LogP contribution >= 0.6 is 0 Å². The summed E-state index contributed by atoms with van der Waals surface area (Å²) in [6.45, 7) is 0. The van der Waals surface area contributed by atoms with Crippen LogP contribution in [0.4, 0.5) is 30.7 Å². The molecule has 0 saturated heterocycles. The number of phenols is 1. The van der Waals surface area contributed by atoms with Crippen molar-refractivity contribution in [1.29, 1.82) is 0 Å². The predicted octanol–water partition coefficient (Wildman–Crippen LogP) is 5.24. The Morgan fingerprint density at radius 3 is 2.15 bits per heavy atom. The first-order valence-electron chi connectivity index (χ1n) is 9.86. The fourth-order valence-corrected chi connectivity index (χ4v) is 5.42. The van der Waals surface area contributed by atoms with Gasteiger partial charge in [0.05, 0.1) is 16.0 Å². The summed E-state index contributed by atoms with van der Waals surface area (Å²) in [4.78, 5) is 11.5. The van der Waals surface area contributed by atoms with Crippen LogP contribution in [0.1, 0.15) is 47.2 Å². The minimum atomic E-state index is -4.91. The number of phenolic OH excluding ortho intramolecular Hbond substituents is 1. The summed E-state index contributed by atoms with van der Waals surface area (Å²) in [5, 5.41) is 8.87. The molecule has 1 amide bonds. The molecule has 186 valence electrons. The van der Waals surface area contributed by atoms with Gasteiger partial charge in [0.25, 0.3) is 5.91 Å². The highest BCUT2D eigenvalue weighted by Gasteiger charge is 2.48. The van der Waals surface area contributed by atoms with Crippen molar-refractivity contribution in [2.24, 2.45) is 0 Å². The molecule has 2 N–H and O–H groups in total. The van der Waals surface area contributed by atoms with E-state index < -0.39 is 79.3 Å². The van der Waals surface area contributed by atoms with Gasteiger partial charge in [-0.3, -0.25) is 4.79 Å². The van der Waals surface area contributed by atoms with E-state index in [0.29, 0.717) is 24.3 Å². The Morgan fingerprint density at radius 2 is 1.59 bits per heavy atom. The second kappa shape index (κ2) is 8.75. The molecule has 0 radical (unpaired) electrons. The molecule has 1 fully saturated rings. The van der Waals surface area contributed by atoms with Crippen molar-refractivity contribution < 1.29 is 49.1 Å². The molecule has 5 nitrogen and oxygen atoms in total. The molecule has 2 aromatic carbocycles. The molecule has 1 aliphatic carbocycles. The smallest absolute Gasteiger partial charge is 0.419 e. The molecule has 0 bridgehead atoms. The van der Waals surface area contributed by atoms with Crippen LogP contribution in [0, 0.1) is 0 Å². The molecule has 0 unspecified atom stereocenters. The number of hydrogen-bond acceptors (Lipinski definition) is 4. The first-order valence-corrected chi connectivity index (χ1v) is 11.3. The Balaban J connectivity index is 1.72. The zero-order chi connectivity index (χ0) is 25.5. The third-order valence-electron chi connectivity index (χ3n) is 5.58. The first-order chi connectivity index (χ1) is 15.5. The van der Waals surface area contributed by atoms with Gasteiger partial charge in [-0.2, -0.15) is 26.3 Å². The highest BCUT2D eigenvalue weighted by atomic mass is 32.2. The highest BCUT2D eigenvalue weighted by Crippen LogP contribution is 2.42. The van der Waals surface area contributed by atoms with Gasteiger partial charge in [0.1, 0.15) is 5.75 Å². The average molecular weight is 513 g/mol. The molecule has 34 heavy (non-hydrogen) atoms. The maximum absolute atomic E-state index is 15.4. The lowest BCUT2D eigenvalue weighted by Crippen LogP contribution is -2.45. The van der Waals surface area contributed by atoms with E-state index in [1.807, 2.05) is 0 Å². The zero-order valence-corrected chi connectivity index (χ0v) is 18.0. The van der Waals surface area contributed by atoms with E-state index in [4.69, 9.17) is 0 Å². The standard InChI is InChI=1S/C21H18F7NO4S/c22-19(34(32,33)15-3-1-2-13(11-15)20(23,24)25)8-6-14(7-9-19)29-18(31)12-4-5-17(30)16(10-12)21(26,27)28/h1-5,10-11,14,30H,6-9H2,(H,29,31)/t14-,19+. The van der Waals surface area contributed by atoms with E-state index in [-0.39, 0.29) is 12.8 Å². The Kier molecular flexibility index (Phi) is 6.64. The molecule has 1 saturated carbocycles. The lowest BCUT2D eigenvalue weighted by molar-refractivity contribution is -0.139. The summed E-state index contributed by atoms with van der Waals surface area (Å²) in [5.41, 5.74) is -3.08. The summed E-state index contributed by atoms with van der Waals surface area (Å²) in [6.07, 6.45) is -11.4. The molecule has 0 heterocycles. The summed E-state index contributed by atoms with van der Waals surface area (Å²) in [5.74, 6) is -2.01. The van der Waals surface area contributed by atoms with Crippen molar-refractivity contribution in [3.05, 3.63) is 59.2 Å². The van der Waals surface area contributed by atoms with Crippen LogP contribution in [-0.2, 0) is 22.2 Å². The maximum atomic E-state index is 15.4. The molecule has 0 aromatic heterocycles. The Labute approximate surface area is 189 Å². The van der Waals surface area contributed by atoms with Gasteiger partial charge in [0.15, 0.2) is 0 Å². The lowest BCUT2D eigenvalue weighted by atomic mass is 9.93. The number of aromatic hydroxyl groups is 1. The highest BCUT2D eigenvalue weighted by molar-refractivity contribution is 7.92. The number of amides is 1. The number of benzene rings is 2. The van der Waals surface area contributed by atoms with Crippen molar-refractivity contribution in [2.45, 2.75) is 54.0 Å². The summed E-state index contributed by atoms with van der Waals surface area (Å²) < 4.78 is 118. The fourth-order valence-electron chi connectivity index (χ4n) is 3.69. The maximum Gasteiger partial charge on any atom is 0.419 e. The molecule has 0 atom stereocenters. The number of halogens is 7. The molecular weight excluding hydrogens is 495 g/mol. The second-order valence-corrected chi connectivity index (χ2v) is 10.1. The van der Waals surface area contributed by atoms with Gasteiger partial charge in [-0.25, -0.2) is 12.8 Å². The van der Waals surface area contributed by atoms with Crippen molar-refractivity contribution in [1.82, 2.24) is 5.32 Å². The van der Waals surface area contributed by atoms with Gasteiger partial charge in [-0.15, -0.1) is 0 Å². The normalized spacial score (nSPS) is 21.8. The minimum absolute atomic E-state index is 0.218. The van der Waals surface area contributed by atoms with E-state index >= 15 is 4.39 Å². The van der Waals surface area contributed by atoms with Gasteiger partial charge in [0.2, 0.25) is 14.8 Å². The van der Waals surface area contributed by atoms with Gasteiger partial charge in [-0.05, 0) is 62.1 Å². The number of sulfone groups is 1. The lowest BCUT2D eigenvalue weighted by Gasteiger charge is -2.34. The molecular formula is C21H18F7NO4S. The van der Waals surface area contributed by atoms with Crippen molar-refractivity contribution in [3.63, 3.8) is 0 Å². The van der Waals surface area contributed by atoms with Crippen LogP contribution in [-0.4, -0.2) is 30.5 Å². The number of rotatable bonds is 4. The molecule has 0 spiro atoms. The Bertz CT molecular complexity index is 1180. The van der Waals surface area contributed by atoms with E-state index in [0.717, 1.165) is 18.2 Å². The van der Waals surface area contributed by atoms with Crippen molar-refractivity contribution >= 4 is 15.7 Å².